The first-order chi connectivity index (χ1) is 11.1. The summed E-state index contributed by atoms with van der Waals surface area (Å²) in [4.78, 5) is 4.22. The molecule has 0 spiro atoms. The van der Waals surface area contributed by atoms with Crippen molar-refractivity contribution in [3.8, 4) is 0 Å². The van der Waals surface area contributed by atoms with Gasteiger partial charge in [0.05, 0.1) is 0 Å². The van der Waals surface area contributed by atoms with Gasteiger partial charge in [-0.05, 0) is 35.9 Å². The minimum Gasteiger partial charge on any atom is -0.335 e. The molecule has 0 aliphatic rings. The van der Waals surface area contributed by atoms with E-state index in [1.54, 1.807) is 18.2 Å². The maximum absolute atomic E-state index is 13.8. The highest BCUT2D eigenvalue weighted by Crippen LogP contribution is 2.21. The molecule has 0 saturated carbocycles. The largest absolute Gasteiger partial charge is 0.335 e. The molecule has 3 nitrogen and oxygen atoms in total. The van der Waals surface area contributed by atoms with Crippen molar-refractivity contribution in [2.24, 2.45) is 0 Å². The van der Waals surface area contributed by atoms with Gasteiger partial charge in [-0.1, -0.05) is 50.9 Å². The Morgan fingerprint density at radius 3 is 2.65 bits per heavy atom. The fourth-order valence-electron chi connectivity index (χ4n) is 2.01. The Morgan fingerprint density at radius 1 is 1.13 bits per heavy atom. The van der Waals surface area contributed by atoms with Crippen molar-refractivity contribution in [1.82, 2.24) is 10.1 Å². The molecular weight excluding hydrogens is 383 g/mol. The van der Waals surface area contributed by atoms with Crippen LogP contribution in [-0.4, -0.2) is 10.1 Å². The van der Waals surface area contributed by atoms with Crippen molar-refractivity contribution in [2.45, 2.75) is 6.42 Å². The fraction of sp³-hybridized carbons (Fsp3) is 0.0588. The Labute approximate surface area is 145 Å². The maximum Gasteiger partial charge on any atom is 0.250 e. The van der Waals surface area contributed by atoms with Crippen LogP contribution in [0.5, 0.6) is 0 Å². The number of hydrogen-bond acceptors (Lipinski definition) is 3. The van der Waals surface area contributed by atoms with Gasteiger partial charge in [0, 0.05) is 27.6 Å². The van der Waals surface area contributed by atoms with Crippen molar-refractivity contribution < 1.29 is 8.91 Å². The van der Waals surface area contributed by atoms with Gasteiger partial charge in [-0.25, -0.2) is 4.39 Å². The first kappa shape index (κ1) is 15.9. The van der Waals surface area contributed by atoms with E-state index in [1.807, 2.05) is 30.3 Å². The molecule has 0 radical (unpaired) electrons. The van der Waals surface area contributed by atoms with Crippen LogP contribution in [0.15, 0.2) is 51.5 Å². The molecule has 1 aromatic heterocycles. The molecule has 0 amide bonds. The minimum atomic E-state index is -0.380. The Balaban J connectivity index is 1.74. The van der Waals surface area contributed by atoms with Crippen molar-refractivity contribution in [3.05, 3.63) is 80.6 Å². The van der Waals surface area contributed by atoms with E-state index in [2.05, 4.69) is 26.1 Å². The first-order valence-electron chi connectivity index (χ1n) is 6.81. The lowest BCUT2D eigenvalue weighted by atomic mass is 10.1. The van der Waals surface area contributed by atoms with Crippen molar-refractivity contribution in [1.29, 1.82) is 0 Å². The standard InChI is InChI=1S/C17H11BrClFN2O/c18-12-7-4-11(5-8-12)6-9-17-21-16(22-23-17)10-13-14(19)2-1-3-15(13)20/h1-9H,10H2. The third-order valence-corrected chi connectivity index (χ3v) is 4.05. The summed E-state index contributed by atoms with van der Waals surface area (Å²) in [5, 5.41) is 4.20. The molecular formula is C17H11BrClFN2O. The lowest BCUT2D eigenvalue weighted by molar-refractivity contribution is 0.404. The number of nitrogens with zero attached hydrogens (tertiary/aromatic N) is 2. The van der Waals surface area contributed by atoms with Crippen molar-refractivity contribution in [2.75, 3.05) is 0 Å². The van der Waals surface area contributed by atoms with E-state index in [0.717, 1.165) is 10.0 Å². The van der Waals surface area contributed by atoms with Crippen LogP contribution in [-0.2, 0) is 6.42 Å². The molecule has 1 heterocycles. The lowest BCUT2D eigenvalue weighted by Crippen LogP contribution is -1.95. The normalized spacial score (nSPS) is 11.3. The number of aromatic nitrogens is 2. The number of rotatable bonds is 4. The van der Waals surface area contributed by atoms with Crippen LogP contribution in [0.2, 0.25) is 5.02 Å². The van der Waals surface area contributed by atoms with Crippen LogP contribution in [0.4, 0.5) is 4.39 Å². The average molecular weight is 394 g/mol. The molecule has 3 aromatic rings. The summed E-state index contributed by atoms with van der Waals surface area (Å²) in [5.41, 5.74) is 1.36. The maximum atomic E-state index is 13.8. The van der Waals surface area contributed by atoms with E-state index in [-0.39, 0.29) is 12.2 Å². The Hall–Kier alpha value is -1.98. The van der Waals surface area contributed by atoms with Crippen LogP contribution < -0.4 is 0 Å². The second-order valence-electron chi connectivity index (χ2n) is 4.81. The number of benzene rings is 2. The monoisotopic (exact) mass is 392 g/mol. The molecule has 0 bridgehead atoms. The molecule has 2 aromatic carbocycles. The molecule has 0 N–H and O–H groups in total. The molecule has 0 aliphatic heterocycles. The van der Waals surface area contributed by atoms with Crippen LogP contribution in [0, 0.1) is 5.82 Å². The zero-order valence-electron chi connectivity index (χ0n) is 11.8. The molecule has 0 atom stereocenters. The topological polar surface area (TPSA) is 38.9 Å². The van der Waals surface area contributed by atoms with Gasteiger partial charge in [-0.3, -0.25) is 0 Å². The van der Waals surface area contributed by atoms with Gasteiger partial charge in [-0.15, -0.1) is 0 Å². The summed E-state index contributed by atoms with van der Waals surface area (Å²) >= 11 is 9.38. The van der Waals surface area contributed by atoms with Gasteiger partial charge in [0.25, 0.3) is 5.89 Å². The highest BCUT2D eigenvalue weighted by Gasteiger charge is 2.11. The Bertz CT molecular complexity index is 826. The van der Waals surface area contributed by atoms with E-state index in [1.165, 1.54) is 6.07 Å². The average Bonchev–Trinajstić information content (AvgIpc) is 2.98. The smallest absolute Gasteiger partial charge is 0.250 e. The molecule has 0 aliphatic carbocycles. The number of halogens is 3. The third-order valence-electron chi connectivity index (χ3n) is 3.17. The molecule has 0 unspecified atom stereocenters. The summed E-state index contributed by atoms with van der Waals surface area (Å²) in [6, 6.07) is 12.3. The molecule has 6 heteroatoms. The van der Waals surface area contributed by atoms with Gasteiger partial charge >= 0.3 is 0 Å². The highest BCUT2D eigenvalue weighted by atomic mass is 79.9. The molecule has 23 heavy (non-hydrogen) atoms. The van der Waals surface area contributed by atoms with E-state index >= 15 is 0 Å². The third kappa shape index (κ3) is 4.06. The molecule has 0 fully saturated rings. The van der Waals surface area contributed by atoms with Crippen LogP contribution in [0.25, 0.3) is 12.2 Å². The van der Waals surface area contributed by atoms with Gasteiger partial charge in [0.2, 0.25) is 0 Å². The highest BCUT2D eigenvalue weighted by molar-refractivity contribution is 9.10. The van der Waals surface area contributed by atoms with E-state index < -0.39 is 0 Å². The molecule has 116 valence electrons. The Morgan fingerprint density at radius 2 is 1.91 bits per heavy atom. The Kier molecular flexibility index (Phi) is 4.88. The zero-order valence-corrected chi connectivity index (χ0v) is 14.2. The lowest BCUT2D eigenvalue weighted by Gasteiger charge is -2.01. The first-order valence-corrected chi connectivity index (χ1v) is 7.98. The van der Waals surface area contributed by atoms with Gasteiger partial charge in [0.1, 0.15) is 5.82 Å². The van der Waals surface area contributed by atoms with Gasteiger partial charge in [-0.2, -0.15) is 4.98 Å². The number of hydrogen-bond donors (Lipinski definition) is 0. The summed E-state index contributed by atoms with van der Waals surface area (Å²) in [7, 11) is 0. The fourth-order valence-corrected chi connectivity index (χ4v) is 2.50. The van der Waals surface area contributed by atoms with Crippen LogP contribution >= 0.6 is 27.5 Å². The quantitative estimate of drug-likeness (QED) is 0.597. The molecule has 0 saturated heterocycles. The summed E-state index contributed by atoms with van der Waals surface area (Å²) in [6.07, 6.45) is 3.75. The van der Waals surface area contributed by atoms with E-state index in [9.17, 15) is 4.39 Å². The summed E-state index contributed by atoms with van der Waals surface area (Å²) < 4.78 is 19.9. The molecule has 3 rings (SSSR count). The minimum absolute atomic E-state index is 0.182. The summed E-state index contributed by atoms with van der Waals surface area (Å²) in [5.74, 6) is 0.358. The van der Waals surface area contributed by atoms with Crippen molar-refractivity contribution in [3.63, 3.8) is 0 Å². The predicted molar refractivity (Wildman–Crippen MR) is 91.6 cm³/mol. The van der Waals surface area contributed by atoms with Gasteiger partial charge < -0.3 is 4.52 Å². The second-order valence-corrected chi connectivity index (χ2v) is 6.13. The second kappa shape index (κ2) is 7.06. The zero-order chi connectivity index (χ0) is 16.2. The van der Waals surface area contributed by atoms with Crippen LogP contribution in [0.1, 0.15) is 22.8 Å². The summed E-state index contributed by atoms with van der Waals surface area (Å²) in [6.45, 7) is 0. The SMILES string of the molecule is Fc1cccc(Cl)c1Cc1noc(C=Cc2ccc(Br)cc2)n1. The van der Waals surface area contributed by atoms with Crippen LogP contribution in [0.3, 0.4) is 0 Å². The van der Waals surface area contributed by atoms with E-state index in [4.69, 9.17) is 16.1 Å². The van der Waals surface area contributed by atoms with E-state index in [0.29, 0.717) is 22.3 Å². The van der Waals surface area contributed by atoms with Gasteiger partial charge in [0.15, 0.2) is 5.82 Å². The van der Waals surface area contributed by atoms with Crippen molar-refractivity contribution >= 4 is 39.7 Å². The predicted octanol–water partition coefficient (Wildman–Crippen LogP) is 5.39.